The number of carboxylic acid groups (broad SMARTS) is 1. The van der Waals surface area contributed by atoms with Gasteiger partial charge in [-0.15, -0.1) is 0 Å². The molecule has 0 saturated carbocycles. The van der Waals surface area contributed by atoms with Crippen LogP contribution in [0.1, 0.15) is 39.1 Å². The van der Waals surface area contributed by atoms with Crippen LogP contribution in [0, 0.1) is 0 Å². The summed E-state index contributed by atoms with van der Waals surface area (Å²) < 4.78 is 10.8. The Morgan fingerprint density at radius 1 is 1.35 bits per heavy atom. The van der Waals surface area contributed by atoms with Crippen LogP contribution in [0.4, 0.5) is 0 Å². The van der Waals surface area contributed by atoms with Crippen LogP contribution in [0.5, 0.6) is 5.75 Å². The van der Waals surface area contributed by atoms with Crippen LogP contribution in [0.25, 0.3) is 0 Å². The minimum absolute atomic E-state index is 0.0159. The topological polar surface area (TPSA) is 76.1 Å². The highest BCUT2D eigenvalue weighted by Gasteiger charge is 2.25. The standard InChI is InChI=1S/C19H21NO5S/c1-24-17-8-14(7-15(9-17)19(22)23)18(21)20(10-13-4-6-26-12-13)11-16-3-2-5-25-16/h4,6-9,12,16H,2-3,5,10-11H2,1H3,(H,22,23)/t16-/m0/s1. The van der Waals surface area contributed by atoms with E-state index in [9.17, 15) is 14.7 Å². The number of amides is 1. The second-order valence-corrected chi connectivity index (χ2v) is 6.99. The highest BCUT2D eigenvalue weighted by molar-refractivity contribution is 7.07. The van der Waals surface area contributed by atoms with Crippen molar-refractivity contribution in [2.24, 2.45) is 0 Å². The summed E-state index contributed by atoms with van der Waals surface area (Å²) >= 11 is 1.58. The first-order chi connectivity index (χ1) is 12.6. The number of hydrogen-bond donors (Lipinski definition) is 1. The summed E-state index contributed by atoms with van der Waals surface area (Å²) in [6.07, 6.45) is 1.93. The first-order valence-corrected chi connectivity index (χ1v) is 9.35. The Labute approximate surface area is 156 Å². The lowest BCUT2D eigenvalue weighted by atomic mass is 10.1. The van der Waals surface area contributed by atoms with Crippen molar-refractivity contribution >= 4 is 23.2 Å². The summed E-state index contributed by atoms with van der Waals surface area (Å²) in [5.74, 6) is -0.976. The average molecular weight is 375 g/mol. The molecule has 26 heavy (non-hydrogen) atoms. The second-order valence-electron chi connectivity index (χ2n) is 6.21. The van der Waals surface area contributed by atoms with Gasteiger partial charge in [0.1, 0.15) is 5.75 Å². The molecule has 0 unspecified atom stereocenters. The number of rotatable bonds is 7. The van der Waals surface area contributed by atoms with E-state index in [1.165, 1.54) is 19.2 Å². The van der Waals surface area contributed by atoms with E-state index < -0.39 is 5.97 Å². The fourth-order valence-corrected chi connectivity index (χ4v) is 3.66. The van der Waals surface area contributed by atoms with Gasteiger partial charge in [0.25, 0.3) is 5.91 Å². The molecule has 1 aliphatic rings. The predicted octanol–water partition coefficient (Wildman–Crippen LogP) is 3.28. The molecule has 0 bridgehead atoms. The molecule has 1 aromatic carbocycles. The fraction of sp³-hybridized carbons (Fsp3) is 0.368. The lowest BCUT2D eigenvalue weighted by Gasteiger charge is -2.25. The van der Waals surface area contributed by atoms with Gasteiger partial charge < -0.3 is 19.5 Å². The van der Waals surface area contributed by atoms with Gasteiger partial charge in [0.05, 0.1) is 18.8 Å². The molecule has 1 saturated heterocycles. The minimum atomic E-state index is -1.10. The number of aromatic carboxylic acids is 1. The Bertz CT molecular complexity index is 768. The van der Waals surface area contributed by atoms with Crippen molar-refractivity contribution < 1.29 is 24.2 Å². The minimum Gasteiger partial charge on any atom is -0.497 e. The molecule has 0 aliphatic carbocycles. The molecule has 1 amide bonds. The zero-order valence-corrected chi connectivity index (χ0v) is 15.3. The van der Waals surface area contributed by atoms with Gasteiger partial charge in [-0.05, 0) is 53.4 Å². The van der Waals surface area contributed by atoms with Gasteiger partial charge in [-0.1, -0.05) is 0 Å². The van der Waals surface area contributed by atoms with E-state index in [4.69, 9.17) is 9.47 Å². The van der Waals surface area contributed by atoms with Gasteiger partial charge in [0, 0.05) is 25.3 Å². The highest BCUT2D eigenvalue weighted by Crippen LogP contribution is 2.22. The van der Waals surface area contributed by atoms with Crippen molar-refractivity contribution in [3.05, 3.63) is 51.7 Å². The molecular formula is C19H21NO5S. The smallest absolute Gasteiger partial charge is 0.335 e. The Morgan fingerprint density at radius 3 is 2.77 bits per heavy atom. The normalized spacial score (nSPS) is 16.4. The van der Waals surface area contributed by atoms with Crippen LogP contribution in [-0.2, 0) is 11.3 Å². The summed E-state index contributed by atoms with van der Waals surface area (Å²) in [7, 11) is 1.45. The van der Waals surface area contributed by atoms with Crippen molar-refractivity contribution in [1.82, 2.24) is 4.90 Å². The predicted molar refractivity (Wildman–Crippen MR) is 98.0 cm³/mol. The molecule has 1 aliphatic heterocycles. The van der Waals surface area contributed by atoms with E-state index in [-0.39, 0.29) is 17.6 Å². The molecule has 7 heteroatoms. The number of carboxylic acids is 1. The van der Waals surface area contributed by atoms with Crippen LogP contribution in [0.2, 0.25) is 0 Å². The monoisotopic (exact) mass is 375 g/mol. The van der Waals surface area contributed by atoms with E-state index in [0.717, 1.165) is 18.4 Å². The number of ether oxygens (including phenoxy) is 2. The molecule has 0 radical (unpaired) electrons. The largest absolute Gasteiger partial charge is 0.497 e. The molecule has 3 rings (SSSR count). The Balaban J connectivity index is 1.87. The molecule has 1 fully saturated rings. The zero-order valence-electron chi connectivity index (χ0n) is 14.5. The van der Waals surface area contributed by atoms with Crippen LogP contribution >= 0.6 is 11.3 Å². The lowest BCUT2D eigenvalue weighted by molar-refractivity contribution is 0.0507. The van der Waals surface area contributed by atoms with E-state index in [0.29, 0.717) is 31.0 Å². The fourth-order valence-electron chi connectivity index (χ4n) is 3.00. The number of thiophene rings is 1. The van der Waals surface area contributed by atoms with Gasteiger partial charge >= 0.3 is 5.97 Å². The maximum atomic E-state index is 13.1. The Hall–Kier alpha value is -2.38. The molecule has 6 nitrogen and oxygen atoms in total. The van der Waals surface area contributed by atoms with Gasteiger partial charge in [0.15, 0.2) is 0 Å². The Kier molecular flexibility index (Phi) is 5.90. The Morgan fingerprint density at radius 2 is 2.15 bits per heavy atom. The third-order valence-electron chi connectivity index (χ3n) is 4.32. The maximum absolute atomic E-state index is 13.1. The third kappa shape index (κ3) is 4.42. The summed E-state index contributed by atoms with van der Waals surface area (Å²) in [5.41, 5.74) is 1.37. The summed E-state index contributed by atoms with van der Waals surface area (Å²) in [5, 5.41) is 13.3. The molecule has 2 heterocycles. The first-order valence-electron chi connectivity index (χ1n) is 8.41. The molecular weight excluding hydrogens is 354 g/mol. The number of methoxy groups -OCH3 is 1. The summed E-state index contributed by atoms with van der Waals surface area (Å²) in [6.45, 7) is 1.66. The van der Waals surface area contributed by atoms with Crippen LogP contribution in [0.15, 0.2) is 35.0 Å². The van der Waals surface area contributed by atoms with Crippen molar-refractivity contribution in [3.63, 3.8) is 0 Å². The summed E-state index contributed by atoms with van der Waals surface area (Å²) in [6, 6.07) is 6.35. The van der Waals surface area contributed by atoms with E-state index >= 15 is 0 Å². The van der Waals surface area contributed by atoms with Gasteiger partial charge in [-0.2, -0.15) is 11.3 Å². The van der Waals surface area contributed by atoms with Gasteiger partial charge in [0.2, 0.25) is 0 Å². The molecule has 1 N–H and O–H groups in total. The maximum Gasteiger partial charge on any atom is 0.335 e. The van der Waals surface area contributed by atoms with Gasteiger partial charge in [-0.3, -0.25) is 4.79 Å². The highest BCUT2D eigenvalue weighted by atomic mass is 32.1. The van der Waals surface area contributed by atoms with E-state index in [1.807, 2.05) is 16.8 Å². The molecule has 1 atom stereocenters. The number of carbonyl (C=O) groups is 2. The molecule has 1 aromatic heterocycles. The number of nitrogens with zero attached hydrogens (tertiary/aromatic N) is 1. The zero-order chi connectivity index (χ0) is 18.5. The number of benzene rings is 1. The quantitative estimate of drug-likeness (QED) is 0.804. The lowest BCUT2D eigenvalue weighted by Crippen LogP contribution is -2.37. The molecule has 0 spiro atoms. The number of hydrogen-bond acceptors (Lipinski definition) is 5. The van der Waals surface area contributed by atoms with Crippen molar-refractivity contribution in [3.8, 4) is 5.75 Å². The van der Waals surface area contributed by atoms with E-state index in [2.05, 4.69) is 0 Å². The van der Waals surface area contributed by atoms with Crippen molar-refractivity contribution in [2.45, 2.75) is 25.5 Å². The van der Waals surface area contributed by atoms with Crippen molar-refractivity contribution in [2.75, 3.05) is 20.3 Å². The van der Waals surface area contributed by atoms with Crippen LogP contribution in [0.3, 0.4) is 0 Å². The van der Waals surface area contributed by atoms with Crippen LogP contribution < -0.4 is 4.74 Å². The first kappa shape index (κ1) is 18.4. The second kappa shape index (κ2) is 8.33. The van der Waals surface area contributed by atoms with Crippen molar-refractivity contribution in [1.29, 1.82) is 0 Å². The number of carbonyl (C=O) groups excluding carboxylic acids is 1. The van der Waals surface area contributed by atoms with Gasteiger partial charge in [-0.25, -0.2) is 4.79 Å². The van der Waals surface area contributed by atoms with E-state index in [1.54, 1.807) is 22.3 Å². The average Bonchev–Trinajstić information content (AvgIpc) is 3.34. The van der Waals surface area contributed by atoms with Crippen LogP contribution in [-0.4, -0.2) is 48.2 Å². The molecule has 138 valence electrons. The SMILES string of the molecule is COc1cc(C(=O)O)cc(C(=O)N(Cc2ccsc2)C[C@@H]2CCCO2)c1. The molecule has 2 aromatic rings. The summed E-state index contributed by atoms with van der Waals surface area (Å²) in [4.78, 5) is 26.2. The third-order valence-corrected chi connectivity index (χ3v) is 5.06.